The van der Waals surface area contributed by atoms with E-state index in [0.717, 1.165) is 6.07 Å². The summed E-state index contributed by atoms with van der Waals surface area (Å²) >= 11 is 0. The first-order chi connectivity index (χ1) is 10.0. The lowest BCUT2D eigenvalue weighted by Crippen LogP contribution is -2.17. The Morgan fingerprint density at radius 2 is 1.81 bits per heavy atom. The van der Waals surface area contributed by atoms with Gasteiger partial charge in [0.1, 0.15) is 5.82 Å². The van der Waals surface area contributed by atoms with E-state index in [1.54, 1.807) is 37.3 Å². The minimum absolute atomic E-state index is 0.0237. The van der Waals surface area contributed by atoms with Crippen LogP contribution in [0.5, 0.6) is 0 Å². The molecule has 0 bridgehead atoms. The van der Waals surface area contributed by atoms with Crippen LogP contribution in [0, 0.1) is 5.82 Å². The van der Waals surface area contributed by atoms with Gasteiger partial charge in [0.15, 0.2) is 0 Å². The molecule has 5 heteroatoms. The summed E-state index contributed by atoms with van der Waals surface area (Å²) in [4.78, 5) is 23.2. The standard InChI is InChI=1S/C16H15FN2O2/c1-2-13(20)19-15-12(17)9-8-11(16(18)21)14(15)10-6-4-3-5-7-10/h3-9H,2H2,1H3,(H2,18,21)(H,19,20). The van der Waals surface area contributed by atoms with Crippen molar-refractivity contribution in [2.75, 3.05) is 5.32 Å². The quantitative estimate of drug-likeness (QED) is 0.907. The Morgan fingerprint density at radius 1 is 1.14 bits per heavy atom. The molecule has 0 aliphatic heterocycles. The van der Waals surface area contributed by atoms with Gasteiger partial charge in [0.05, 0.1) is 5.69 Å². The fraction of sp³-hybridized carbons (Fsp3) is 0.125. The molecule has 0 radical (unpaired) electrons. The van der Waals surface area contributed by atoms with Crippen LogP contribution in [0.1, 0.15) is 23.7 Å². The Bertz CT molecular complexity index is 684. The molecule has 0 unspecified atom stereocenters. The summed E-state index contributed by atoms with van der Waals surface area (Å²) in [6.45, 7) is 1.66. The van der Waals surface area contributed by atoms with Gasteiger partial charge in [0.25, 0.3) is 0 Å². The average molecular weight is 286 g/mol. The molecule has 2 rings (SSSR count). The van der Waals surface area contributed by atoms with Crippen molar-refractivity contribution in [3.8, 4) is 11.1 Å². The largest absolute Gasteiger partial charge is 0.366 e. The molecule has 2 aromatic carbocycles. The van der Waals surface area contributed by atoms with Gasteiger partial charge in [-0.2, -0.15) is 0 Å². The molecular formula is C16H15FN2O2. The second-order valence-corrected chi connectivity index (χ2v) is 4.48. The molecule has 0 spiro atoms. The topological polar surface area (TPSA) is 72.2 Å². The number of rotatable bonds is 4. The normalized spacial score (nSPS) is 10.2. The van der Waals surface area contributed by atoms with Crippen molar-refractivity contribution in [2.24, 2.45) is 5.73 Å². The predicted molar refractivity (Wildman–Crippen MR) is 79.3 cm³/mol. The molecule has 2 amide bonds. The van der Waals surface area contributed by atoms with E-state index < -0.39 is 11.7 Å². The van der Waals surface area contributed by atoms with E-state index in [9.17, 15) is 14.0 Å². The van der Waals surface area contributed by atoms with Gasteiger partial charge in [-0.05, 0) is 17.7 Å². The predicted octanol–water partition coefficient (Wildman–Crippen LogP) is 2.94. The zero-order valence-electron chi connectivity index (χ0n) is 11.5. The molecule has 21 heavy (non-hydrogen) atoms. The van der Waals surface area contributed by atoms with Crippen molar-refractivity contribution in [1.29, 1.82) is 0 Å². The summed E-state index contributed by atoms with van der Waals surface area (Å²) in [6, 6.07) is 11.2. The van der Waals surface area contributed by atoms with Gasteiger partial charge in [-0.25, -0.2) is 4.39 Å². The second-order valence-electron chi connectivity index (χ2n) is 4.48. The highest BCUT2D eigenvalue weighted by Gasteiger charge is 2.19. The number of hydrogen-bond donors (Lipinski definition) is 2. The number of benzene rings is 2. The molecule has 0 heterocycles. The molecule has 3 N–H and O–H groups in total. The van der Waals surface area contributed by atoms with Crippen LogP contribution in [0.25, 0.3) is 11.1 Å². The van der Waals surface area contributed by atoms with E-state index in [4.69, 9.17) is 5.73 Å². The van der Waals surface area contributed by atoms with E-state index >= 15 is 0 Å². The first kappa shape index (κ1) is 14.7. The highest BCUT2D eigenvalue weighted by Crippen LogP contribution is 2.33. The van der Waals surface area contributed by atoms with Crippen molar-refractivity contribution < 1.29 is 14.0 Å². The monoisotopic (exact) mass is 286 g/mol. The maximum Gasteiger partial charge on any atom is 0.249 e. The van der Waals surface area contributed by atoms with Crippen LogP contribution in [0.4, 0.5) is 10.1 Å². The Kier molecular flexibility index (Phi) is 4.33. The SMILES string of the molecule is CCC(=O)Nc1c(F)ccc(C(N)=O)c1-c1ccccc1. The first-order valence-corrected chi connectivity index (χ1v) is 6.52. The van der Waals surface area contributed by atoms with E-state index in [-0.39, 0.29) is 23.6 Å². The Morgan fingerprint density at radius 3 is 2.38 bits per heavy atom. The van der Waals surface area contributed by atoms with Crippen molar-refractivity contribution >= 4 is 17.5 Å². The second kappa shape index (κ2) is 6.17. The first-order valence-electron chi connectivity index (χ1n) is 6.52. The lowest BCUT2D eigenvalue weighted by molar-refractivity contribution is -0.115. The third-order valence-electron chi connectivity index (χ3n) is 3.07. The van der Waals surface area contributed by atoms with Gasteiger partial charge in [0.2, 0.25) is 11.8 Å². The number of carbonyl (C=O) groups is 2. The highest BCUT2D eigenvalue weighted by atomic mass is 19.1. The molecule has 108 valence electrons. The fourth-order valence-corrected chi connectivity index (χ4v) is 2.04. The average Bonchev–Trinajstić information content (AvgIpc) is 2.49. The van der Waals surface area contributed by atoms with E-state index in [2.05, 4.69) is 5.32 Å². The molecule has 0 saturated heterocycles. The van der Waals surface area contributed by atoms with E-state index in [1.807, 2.05) is 0 Å². The molecule has 4 nitrogen and oxygen atoms in total. The van der Waals surface area contributed by atoms with Gasteiger partial charge in [-0.1, -0.05) is 37.3 Å². The molecule has 0 fully saturated rings. The van der Waals surface area contributed by atoms with Crippen LogP contribution >= 0.6 is 0 Å². The number of nitrogens with one attached hydrogen (secondary N) is 1. The van der Waals surface area contributed by atoms with E-state index in [1.165, 1.54) is 6.07 Å². The number of nitrogens with two attached hydrogens (primary N) is 1. The Labute approximate surface area is 121 Å². The van der Waals surface area contributed by atoms with Crippen LogP contribution < -0.4 is 11.1 Å². The number of primary amides is 1. The molecule has 0 atom stereocenters. The Balaban J connectivity index is 2.70. The highest BCUT2D eigenvalue weighted by molar-refractivity contribution is 6.06. The van der Waals surface area contributed by atoms with Gasteiger partial charge in [0, 0.05) is 17.5 Å². The van der Waals surface area contributed by atoms with Crippen molar-refractivity contribution in [3.05, 3.63) is 53.8 Å². The summed E-state index contributed by atoms with van der Waals surface area (Å²) in [6.07, 6.45) is 0.203. The van der Waals surface area contributed by atoms with Crippen molar-refractivity contribution in [3.63, 3.8) is 0 Å². The molecule has 0 aromatic heterocycles. The fourth-order valence-electron chi connectivity index (χ4n) is 2.04. The summed E-state index contributed by atoms with van der Waals surface area (Å²) in [7, 11) is 0. The Hall–Kier alpha value is -2.69. The number of anilines is 1. The number of amides is 2. The van der Waals surface area contributed by atoms with Crippen LogP contribution in [-0.2, 0) is 4.79 Å². The van der Waals surface area contributed by atoms with E-state index in [0.29, 0.717) is 11.1 Å². The van der Waals surface area contributed by atoms with Crippen LogP contribution in [-0.4, -0.2) is 11.8 Å². The lowest BCUT2D eigenvalue weighted by atomic mass is 9.96. The van der Waals surface area contributed by atoms with Crippen LogP contribution in [0.3, 0.4) is 0 Å². The number of halogens is 1. The molecule has 0 aliphatic carbocycles. The third kappa shape index (κ3) is 3.08. The number of hydrogen-bond acceptors (Lipinski definition) is 2. The van der Waals surface area contributed by atoms with Crippen molar-refractivity contribution in [2.45, 2.75) is 13.3 Å². The smallest absolute Gasteiger partial charge is 0.249 e. The summed E-state index contributed by atoms with van der Waals surface area (Å²) in [5.41, 5.74) is 6.40. The molecule has 0 saturated carbocycles. The van der Waals surface area contributed by atoms with Crippen molar-refractivity contribution in [1.82, 2.24) is 0 Å². The van der Waals surface area contributed by atoms with Crippen LogP contribution in [0.2, 0.25) is 0 Å². The van der Waals surface area contributed by atoms with Gasteiger partial charge >= 0.3 is 0 Å². The molecule has 2 aromatic rings. The summed E-state index contributed by atoms with van der Waals surface area (Å²) < 4.78 is 14.1. The minimum atomic E-state index is -0.680. The third-order valence-corrected chi connectivity index (χ3v) is 3.07. The molecular weight excluding hydrogens is 271 g/mol. The maximum atomic E-state index is 14.1. The lowest BCUT2D eigenvalue weighted by Gasteiger charge is -2.15. The van der Waals surface area contributed by atoms with Gasteiger partial charge < -0.3 is 11.1 Å². The maximum absolute atomic E-state index is 14.1. The van der Waals surface area contributed by atoms with Gasteiger partial charge in [-0.3, -0.25) is 9.59 Å². The zero-order chi connectivity index (χ0) is 15.4. The van der Waals surface area contributed by atoms with Gasteiger partial charge in [-0.15, -0.1) is 0 Å². The zero-order valence-corrected chi connectivity index (χ0v) is 11.5. The van der Waals surface area contributed by atoms with Crippen LogP contribution in [0.15, 0.2) is 42.5 Å². The minimum Gasteiger partial charge on any atom is -0.366 e. The number of carbonyl (C=O) groups excluding carboxylic acids is 2. The summed E-state index contributed by atoms with van der Waals surface area (Å²) in [5, 5.41) is 2.50. The summed E-state index contributed by atoms with van der Waals surface area (Å²) in [5.74, 6) is -1.63. The molecule has 0 aliphatic rings.